The highest BCUT2D eigenvalue weighted by Gasteiger charge is 2.24. The van der Waals surface area contributed by atoms with Gasteiger partial charge in [-0.2, -0.15) is 0 Å². The monoisotopic (exact) mass is 460 g/mol. The van der Waals surface area contributed by atoms with Crippen molar-refractivity contribution in [2.45, 2.75) is 70.9 Å². The van der Waals surface area contributed by atoms with E-state index in [9.17, 15) is 9.59 Å². The van der Waals surface area contributed by atoms with Crippen molar-refractivity contribution in [3.05, 3.63) is 66.0 Å². The summed E-state index contributed by atoms with van der Waals surface area (Å²) in [6.45, 7) is 4.06. The first-order valence-corrected chi connectivity index (χ1v) is 12.7. The molecule has 34 heavy (non-hydrogen) atoms. The molecule has 1 unspecified atom stereocenters. The van der Waals surface area contributed by atoms with Gasteiger partial charge in [-0.05, 0) is 56.7 Å². The summed E-state index contributed by atoms with van der Waals surface area (Å²) in [6, 6.07) is 18.2. The second-order valence-electron chi connectivity index (χ2n) is 9.36. The van der Waals surface area contributed by atoms with E-state index < -0.39 is 0 Å². The van der Waals surface area contributed by atoms with Gasteiger partial charge in [-0.25, -0.2) is 4.98 Å². The molecule has 2 amide bonds. The number of hydrogen-bond acceptors (Lipinski definition) is 3. The summed E-state index contributed by atoms with van der Waals surface area (Å²) < 4.78 is 2.11. The van der Waals surface area contributed by atoms with Crippen LogP contribution in [0.2, 0.25) is 0 Å². The summed E-state index contributed by atoms with van der Waals surface area (Å²) in [5, 5.41) is 3.02. The number of aryl methyl sites for hydroxylation is 1. The number of nitrogens with one attached hydrogen (secondary N) is 1. The first kappa shape index (κ1) is 24.0. The summed E-state index contributed by atoms with van der Waals surface area (Å²) in [5.41, 5.74) is 3.02. The molecule has 0 spiro atoms. The first-order chi connectivity index (χ1) is 16.6. The lowest BCUT2D eigenvalue weighted by Crippen LogP contribution is -2.43. The molecule has 1 aromatic heterocycles. The Bertz CT molecular complexity index is 1090. The van der Waals surface area contributed by atoms with Gasteiger partial charge in [-0.3, -0.25) is 9.59 Å². The van der Waals surface area contributed by atoms with Crippen molar-refractivity contribution in [1.82, 2.24) is 19.8 Å². The van der Waals surface area contributed by atoms with Gasteiger partial charge in [0, 0.05) is 25.6 Å². The molecule has 2 heterocycles. The van der Waals surface area contributed by atoms with E-state index in [0.29, 0.717) is 25.6 Å². The van der Waals surface area contributed by atoms with E-state index in [4.69, 9.17) is 4.98 Å². The molecule has 3 aromatic rings. The van der Waals surface area contributed by atoms with Crippen LogP contribution < -0.4 is 5.32 Å². The van der Waals surface area contributed by atoms with Crippen LogP contribution in [0.3, 0.4) is 0 Å². The molecular weight excluding hydrogens is 424 g/mol. The Kier molecular flexibility index (Phi) is 8.34. The summed E-state index contributed by atoms with van der Waals surface area (Å²) >= 11 is 0. The van der Waals surface area contributed by atoms with Gasteiger partial charge >= 0.3 is 0 Å². The summed E-state index contributed by atoms with van der Waals surface area (Å²) in [7, 11) is 0. The van der Waals surface area contributed by atoms with E-state index in [1.807, 2.05) is 53.4 Å². The van der Waals surface area contributed by atoms with Crippen molar-refractivity contribution < 1.29 is 9.59 Å². The molecule has 1 atom stereocenters. The van der Waals surface area contributed by atoms with Crippen LogP contribution >= 0.6 is 0 Å². The zero-order valence-electron chi connectivity index (χ0n) is 20.2. The molecule has 0 aliphatic carbocycles. The minimum Gasteiger partial charge on any atom is -0.356 e. The maximum absolute atomic E-state index is 13.1. The highest BCUT2D eigenvalue weighted by Crippen LogP contribution is 2.21. The number of rotatable bonds is 10. The largest absolute Gasteiger partial charge is 0.356 e. The third kappa shape index (κ3) is 6.25. The Morgan fingerprint density at radius 1 is 1.00 bits per heavy atom. The average Bonchev–Trinajstić information content (AvgIpc) is 3.19. The number of piperidine rings is 1. The van der Waals surface area contributed by atoms with E-state index >= 15 is 0 Å². The van der Waals surface area contributed by atoms with E-state index in [2.05, 4.69) is 22.9 Å². The fourth-order valence-electron chi connectivity index (χ4n) is 4.84. The molecule has 6 heteroatoms. The fourth-order valence-corrected chi connectivity index (χ4v) is 4.84. The second-order valence-corrected chi connectivity index (χ2v) is 9.36. The first-order valence-electron chi connectivity index (χ1n) is 12.7. The molecule has 180 valence electrons. The van der Waals surface area contributed by atoms with Crippen LogP contribution in [0, 0.1) is 0 Å². The number of amides is 2. The van der Waals surface area contributed by atoms with Gasteiger partial charge in [0.1, 0.15) is 12.4 Å². The number of unbranched alkanes of at least 4 members (excludes halogenated alkanes) is 2. The van der Waals surface area contributed by atoms with Crippen molar-refractivity contribution in [3.8, 4) is 0 Å². The summed E-state index contributed by atoms with van der Waals surface area (Å²) in [4.78, 5) is 32.1. The molecule has 1 saturated heterocycles. The van der Waals surface area contributed by atoms with Crippen molar-refractivity contribution >= 4 is 22.8 Å². The predicted octanol–water partition coefficient (Wildman–Crippen LogP) is 4.51. The topological polar surface area (TPSA) is 67.2 Å². The number of carbonyl (C=O) groups excluding carboxylic acids is 2. The van der Waals surface area contributed by atoms with Crippen molar-refractivity contribution in [2.24, 2.45) is 0 Å². The van der Waals surface area contributed by atoms with Crippen LogP contribution in [-0.2, 0) is 29.0 Å². The predicted molar refractivity (Wildman–Crippen MR) is 135 cm³/mol. The number of para-hydroxylation sites is 2. The average molecular weight is 461 g/mol. The highest BCUT2D eigenvalue weighted by molar-refractivity contribution is 5.81. The van der Waals surface area contributed by atoms with Crippen LogP contribution in [0.15, 0.2) is 54.6 Å². The van der Waals surface area contributed by atoms with Gasteiger partial charge < -0.3 is 14.8 Å². The maximum Gasteiger partial charge on any atom is 0.242 e. The van der Waals surface area contributed by atoms with Crippen LogP contribution in [-0.4, -0.2) is 45.4 Å². The molecule has 1 N–H and O–H groups in total. The molecule has 4 rings (SSSR count). The Labute approximate surface area is 202 Å². The SMILES string of the molecule is CC1CCCCN1C(=O)Cn1c(CCCCCNC(=O)Cc2ccccc2)nc2ccccc21. The molecule has 1 fully saturated rings. The number of fused-ring (bicyclic) bond motifs is 1. The van der Waals surface area contributed by atoms with Gasteiger partial charge in [-0.15, -0.1) is 0 Å². The van der Waals surface area contributed by atoms with Crippen LogP contribution in [0.25, 0.3) is 11.0 Å². The number of benzene rings is 2. The zero-order valence-corrected chi connectivity index (χ0v) is 20.2. The normalized spacial score (nSPS) is 16.0. The number of carbonyl (C=O) groups is 2. The van der Waals surface area contributed by atoms with Gasteiger partial charge in [0.15, 0.2) is 0 Å². The molecule has 0 saturated carbocycles. The van der Waals surface area contributed by atoms with Crippen LogP contribution in [0.5, 0.6) is 0 Å². The zero-order chi connectivity index (χ0) is 23.8. The summed E-state index contributed by atoms with van der Waals surface area (Å²) in [5.74, 6) is 1.24. The Hall–Kier alpha value is -3.15. The lowest BCUT2D eigenvalue weighted by molar-refractivity contribution is -0.135. The van der Waals surface area contributed by atoms with Gasteiger partial charge in [0.05, 0.1) is 17.5 Å². The third-order valence-corrected chi connectivity index (χ3v) is 6.76. The van der Waals surface area contributed by atoms with Gasteiger partial charge in [0.25, 0.3) is 0 Å². The number of likely N-dealkylation sites (tertiary alicyclic amines) is 1. The van der Waals surface area contributed by atoms with Crippen molar-refractivity contribution in [2.75, 3.05) is 13.1 Å². The summed E-state index contributed by atoms with van der Waals surface area (Å²) in [6.07, 6.45) is 7.56. The smallest absolute Gasteiger partial charge is 0.242 e. The maximum atomic E-state index is 13.1. The van der Waals surface area contributed by atoms with Crippen LogP contribution in [0.1, 0.15) is 56.8 Å². The second kappa shape index (κ2) is 11.8. The minimum absolute atomic E-state index is 0.0680. The van der Waals surface area contributed by atoms with Crippen molar-refractivity contribution in [1.29, 1.82) is 0 Å². The minimum atomic E-state index is 0.0680. The molecule has 0 radical (unpaired) electrons. The van der Waals surface area contributed by atoms with Crippen LogP contribution in [0.4, 0.5) is 0 Å². The van der Waals surface area contributed by atoms with E-state index in [0.717, 1.165) is 67.5 Å². The highest BCUT2D eigenvalue weighted by atomic mass is 16.2. The molecule has 1 aliphatic rings. The molecule has 6 nitrogen and oxygen atoms in total. The Morgan fingerprint density at radius 3 is 2.62 bits per heavy atom. The molecule has 1 aliphatic heterocycles. The van der Waals surface area contributed by atoms with E-state index in [-0.39, 0.29) is 11.8 Å². The Balaban J connectivity index is 1.28. The third-order valence-electron chi connectivity index (χ3n) is 6.76. The number of nitrogens with zero attached hydrogens (tertiary/aromatic N) is 3. The quantitative estimate of drug-likeness (QED) is 0.453. The fraction of sp³-hybridized carbons (Fsp3) is 0.464. The van der Waals surface area contributed by atoms with Gasteiger partial charge in [0.2, 0.25) is 11.8 Å². The number of aromatic nitrogens is 2. The van der Waals surface area contributed by atoms with Crippen molar-refractivity contribution in [3.63, 3.8) is 0 Å². The van der Waals surface area contributed by atoms with E-state index in [1.165, 1.54) is 6.42 Å². The molecule has 0 bridgehead atoms. The number of hydrogen-bond donors (Lipinski definition) is 1. The molecule has 2 aromatic carbocycles. The number of imidazole rings is 1. The molecular formula is C28H36N4O2. The van der Waals surface area contributed by atoms with Gasteiger partial charge in [-0.1, -0.05) is 48.9 Å². The standard InChI is InChI=1S/C28H36N4O2/c1-22-12-9-11-19-31(22)28(34)21-32-25-16-8-7-15-24(25)30-26(32)17-6-3-10-18-29-27(33)20-23-13-4-2-5-14-23/h2,4-5,7-8,13-16,22H,3,6,9-12,17-21H2,1H3,(H,29,33). The van der Waals surface area contributed by atoms with E-state index in [1.54, 1.807) is 0 Å². The lowest BCUT2D eigenvalue weighted by Gasteiger charge is -2.33. The Morgan fingerprint density at radius 2 is 1.79 bits per heavy atom. The lowest BCUT2D eigenvalue weighted by atomic mass is 10.0.